The second-order valence-electron chi connectivity index (χ2n) is 9.86. The van der Waals surface area contributed by atoms with E-state index in [-0.39, 0.29) is 16.7 Å². The Labute approximate surface area is 161 Å². The Morgan fingerprint density at radius 3 is 2.56 bits per heavy atom. The zero-order chi connectivity index (χ0) is 19.0. The highest BCUT2D eigenvalue weighted by Gasteiger charge is 2.63. The van der Waals surface area contributed by atoms with Crippen LogP contribution < -0.4 is 0 Å². The molecule has 0 bridgehead atoms. The lowest BCUT2D eigenvalue weighted by Gasteiger charge is -2.57. The summed E-state index contributed by atoms with van der Waals surface area (Å²) < 4.78 is 12.1. The minimum Gasteiger partial charge on any atom is -0.512 e. The maximum absolute atomic E-state index is 11.4. The van der Waals surface area contributed by atoms with Gasteiger partial charge in [-0.15, -0.1) is 0 Å². The van der Waals surface area contributed by atoms with Crippen LogP contribution >= 0.6 is 0 Å². The molecule has 5 aliphatic rings. The minimum atomic E-state index is -0.597. The van der Waals surface area contributed by atoms with E-state index in [2.05, 4.69) is 32.9 Å². The molecule has 0 spiro atoms. The lowest BCUT2D eigenvalue weighted by Crippen LogP contribution is -2.56. The van der Waals surface area contributed by atoms with Crippen molar-refractivity contribution in [3.63, 3.8) is 0 Å². The Morgan fingerprint density at radius 1 is 1.07 bits per heavy atom. The molecule has 0 aromatic rings. The highest BCUT2D eigenvalue weighted by atomic mass is 16.7. The van der Waals surface area contributed by atoms with Crippen LogP contribution in [0.25, 0.3) is 0 Å². The third-order valence-electron chi connectivity index (χ3n) is 8.76. The van der Waals surface area contributed by atoms with Gasteiger partial charge in [0.05, 0.1) is 25.1 Å². The zero-order valence-corrected chi connectivity index (χ0v) is 16.7. The standard InChI is InChI=1S/C23H32O4/c1-21-9-8-15(24)12-14(21)4-5-16-17-6-7-19(23(3)26-10-11-27-23)22(17,2)20(25)13-18(16)21/h4,6,12,16,18-20,24-25H,5,7-11,13H2,1-3H3/t16?,18?,19?,20-,21+,22+/m1/s1. The van der Waals surface area contributed by atoms with Crippen LogP contribution in [0.1, 0.15) is 52.9 Å². The molecular weight excluding hydrogens is 340 g/mol. The molecule has 2 N–H and O–H groups in total. The molecule has 4 aliphatic carbocycles. The van der Waals surface area contributed by atoms with Crippen molar-refractivity contribution >= 4 is 0 Å². The number of aliphatic hydroxyl groups excluding tert-OH is 2. The first-order valence-electron chi connectivity index (χ1n) is 10.6. The average Bonchev–Trinajstić information content (AvgIpc) is 3.22. The van der Waals surface area contributed by atoms with Gasteiger partial charge in [-0.1, -0.05) is 31.6 Å². The first kappa shape index (κ1) is 18.0. The first-order chi connectivity index (χ1) is 12.8. The van der Waals surface area contributed by atoms with Crippen molar-refractivity contribution in [1.82, 2.24) is 0 Å². The fraction of sp³-hybridized carbons (Fsp3) is 0.739. The lowest BCUT2D eigenvalue weighted by molar-refractivity contribution is -0.218. The number of rotatable bonds is 1. The third kappa shape index (κ3) is 2.27. The van der Waals surface area contributed by atoms with Crippen molar-refractivity contribution in [3.8, 4) is 0 Å². The van der Waals surface area contributed by atoms with E-state index in [1.807, 2.05) is 6.08 Å². The van der Waals surface area contributed by atoms with E-state index in [9.17, 15) is 10.2 Å². The van der Waals surface area contributed by atoms with Crippen LogP contribution in [0.2, 0.25) is 0 Å². The van der Waals surface area contributed by atoms with E-state index < -0.39 is 11.9 Å². The molecular formula is C23H32O4. The van der Waals surface area contributed by atoms with E-state index >= 15 is 0 Å². The molecule has 148 valence electrons. The molecule has 0 aromatic heterocycles. The van der Waals surface area contributed by atoms with Crippen LogP contribution in [-0.4, -0.2) is 35.3 Å². The van der Waals surface area contributed by atoms with Gasteiger partial charge in [-0.3, -0.25) is 0 Å². The number of fused-ring (bicyclic) bond motifs is 5. The first-order valence-corrected chi connectivity index (χ1v) is 10.6. The van der Waals surface area contributed by atoms with Gasteiger partial charge in [0.15, 0.2) is 5.79 Å². The van der Waals surface area contributed by atoms with Crippen molar-refractivity contribution in [1.29, 1.82) is 0 Å². The molecule has 4 heteroatoms. The molecule has 1 saturated heterocycles. The lowest BCUT2D eigenvalue weighted by atomic mass is 9.48. The Balaban J connectivity index is 1.53. The van der Waals surface area contributed by atoms with E-state index in [4.69, 9.17) is 9.47 Å². The number of hydrogen-bond donors (Lipinski definition) is 2. The number of aliphatic hydroxyl groups is 2. The predicted molar refractivity (Wildman–Crippen MR) is 103 cm³/mol. The molecule has 1 saturated carbocycles. The van der Waals surface area contributed by atoms with Crippen molar-refractivity contribution in [2.45, 2.75) is 64.8 Å². The quantitative estimate of drug-likeness (QED) is 0.675. The minimum absolute atomic E-state index is 0.0423. The van der Waals surface area contributed by atoms with Crippen LogP contribution in [0.5, 0.6) is 0 Å². The normalized spacial score (nSPS) is 48.1. The Morgan fingerprint density at radius 2 is 1.81 bits per heavy atom. The summed E-state index contributed by atoms with van der Waals surface area (Å²) in [6.07, 6.45) is 10.7. The van der Waals surface area contributed by atoms with Gasteiger partial charge in [0, 0.05) is 17.8 Å². The van der Waals surface area contributed by atoms with Crippen molar-refractivity contribution in [3.05, 3.63) is 35.1 Å². The molecule has 6 atom stereocenters. The molecule has 0 aromatic carbocycles. The molecule has 1 heterocycles. The van der Waals surface area contributed by atoms with Crippen LogP contribution in [0, 0.1) is 28.6 Å². The van der Waals surface area contributed by atoms with E-state index in [1.165, 1.54) is 11.1 Å². The van der Waals surface area contributed by atoms with E-state index in [0.29, 0.717) is 30.8 Å². The Bertz CT molecular complexity index is 743. The molecule has 3 unspecified atom stereocenters. The molecule has 4 nitrogen and oxygen atoms in total. The van der Waals surface area contributed by atoms with E-state index in [1.54, 1.807) is 0 Å². The largest absolute Gasteiger partial charge is 0.512 e. The summed E-state index contributed by atoms with van der Waals surface area (Å²) >= 11 is 0. The van der Waals surface area contributed by atoms with Crippen LogP contribution in [0.15, 0.2) is 35.1 Å². The van der Waals surface area contributed by atoms with Gasteiger partial charge in [-0.25, -0.2) is 0 Å². The van der Waals surface area contributed by atoms with Crippen molar-refractivity contribution in [2.75, 3.05) is 13.2 Å². The molecule has 2 fully saturated rings. The van der Waals surface area contributed by atoms with Crippen LogP contribution in [-0.2, 0) is 9.47 Å². The highest BCUT2D eigenvalue weighted by Crippen LogP contribution is 2.65. The average molecular weight is 373 g/mol. The molecule has 0 radical (unpaired) electrons. The van der Waals surface area contributed by atoms with Crippen LogP contribution in [0.3, 0.4) is 0 Å². The Kier molecular flexibility index (Phi) is 3.80. The van der Waals surface area contributed by atoms with Gasteiger partial charge in [0.25, 0.3) is 0 Å². The summed E-state index contributed by atoms with van der Waals surface area (Å²) in [5.74, 6) is 0.956. The fourth-order valence-corrected chi connectivity index (χ4v) is 7.13. The van der Waals surface area contributed by atoms with Gasteiger partial charge < -0.3 is 19.7 Å². The topological polar surface area (TPSA) is 58.9 Å². The fourth-order valence-electron chi connectivity index (χ4n) is 7.13. The van der Waals surface area contributed by atoms with Crippen molar-refractivity contribution < 1.29 is 19.7 Å². The van der Waals surface area contributed by atoms with Gasteiger partial charge in [0.2, 0.25) is 0 Å². The van der Waals surface area contributed by atoms with Gasteiger partial charge in [-0.2, -0.15) is 0 Å². The molecule has 1 aliphatic heterocycles. The number of ether oxygens (including phenoxy) is 2. The predicted octanol–water partition coefficient (Wildman–Crippen LogP) is 4.27. The monoisotopic (exact) mass is 372 g/mol. The zero-order valence-electron chi connectivity index (χ0n) is 16.7. The second kappa shape index (κ2) is 5.71. The summed E-state index contributed by atoms with van der Waals surface area (Å²) in [6, 6.07) is 0. The summed E-state index contributed by atoms with van der Waals surface area (Å²) in [5.41, 5.74) is 2.45. The van der Waals surface area contributed by atoms with Gasteiger partial charge >= 0.3 is 0 Å². The summed E-state index contributed by atoms with van der Waals surface area (Å²) in [7, 11) is 0. The summed E-state index contributed by atoms with van der Waals surface area (Å²) in [5, 5.41) is 21.5. The second-order valence-corrected chi connectivity index (χ2v) is 9.86. The molecule has 0 amide bonds. The maximum Gasteiger partial charge on any atom is 0.169 e. The number of hydrogen-bond acceptors (Lipinski definition) is 4. The smallest absolute Gasteiger partial charge is 0.169 e. The van der Waals surface area contributed by atoms with Gasteiger partial charge in [0.1, 0.15) is 0 Å². The number of allylic oxidation sites excluding steroid dienone is 5. The molecule has 5 rings (SSSR count). The SMILES string of the molecule is CC1(C2CC=C3C4CC=C5C=C(O)CC[C@]5(C)C4C[C@@H](O)[C@@]32C)OCCO1. The Hall–Kier alpha value is -1.10. The highest BCUT2D eigenvalue weighted by molar-refractivity contribution is 5.40. The van der Waals surface area contributed by atoms with E-state index in [0.717, 1.165) is 32.1 Å². The van der Waals surface area contributed by atoms with Gasteiger partial charge in [-0.05, 0) is 61.5 Å². The van der Waals surface area contributed by atoms with Crippen molar-refractivity contribution in [2.24, 2.45) is 28.6 Å². The molecule has 27 heavy (non-hydrogen) atoms. The summed E-state index contributed by atoms with van der Waals surface area (Å²) in [4.78, 5) is 0. The van der Waals surface area contributed by atoms with Crippen LogP contribution in [0.4, 0.5) is 0 Å². The summed E-state index contributed by atoms with van der Waals surface area (Å²) in [6.45, 7) is 7.91. The maximum atomic E-state index is 11.4. The third-order valence-corrected chi connectivity index (χ3v) is 8.76.